The zero-order valence-electron chi connectivity index (χ0n) is 10.4. The van der Waals surface area contributed by atoms with Crippen molar-refractivity contribution in [2.24, 2.45) is 0 Å². The molecule has 0 spiro atoms. The molecule has 2 rings (SSSR count). The van der Waals surface area contributed by atoms with E-state index in [2.05, 4.69) is 6.07 Å². The van der Waals surface area contributed by atoms with Crippen LogP contribution in [0, 0.1) is 25.2 Å². The van der Waals surface area contributed by atoms with Crippen LogP contribution in [0.25, 0.3) is 0 Å². The summed E-state index contributed by atoms with van der Waals surface area (Å²) >= 11 is 0. The molecule has 0 unspecified atom stereocenters. The van der Waals surface area contributed by atoms with Gasteiger partial charge in [0.1, 0.15) is 11.5 Å². The van der Waals surface area contributed by atoms with Gasteiger partial charge in [-0.3, -0.25) is 0 Å². The number of hydrogen-bond acceptors (Lipinski definition) is 3. The predicted octanol–water partition coefficient (Wildman–Crippen LogP) is 3.55. The zero-order chi connectivity index (χ0) is 13.1. The lowest BCUT2D eigenvalue weighted by molar-refractivity contribution is 0.478. The number of nitrogen functional groups attached to an aromatic ring is 1. The Balaban J connectivity index is 2.29. The topological polar surface area (TPSA) is 59.0 Å². The van der Waals surface area contributed by atoms with Crippen LogP contribution in [0.15, 0.2) is 36.4 Å². The Morgan fingerprint density at radius 2 is 1.83 bits per heavy atom. The van der Waals surface area contributed by atoms with Crippen LogP contribution in [0.2, 0.25) is 0 Å². The molecular weight excluding hydrogens is 224 g/mol. The number of anilines is 1. The second-order valence-electron chi connectivity index (χ2n) is 4.22. The molecule has 0 saturated carbocycles. The van der Waals surface area contributed by atoms with Crippen molar-refractivity contribution < 1.29 is 4.74 Å². The van der Waals surface area contributed by atoms with Crippen LogP contribution in [0.5, 0.6) is 11.5 Å². The van der Waals surface area contributed by atoms with Gasteiger partial charge in [-0.2, -0.15) is 5.26 Å². The molecule has 2 aromatic rings. The Kier molecular flexibility index (Phi) is 3.20. The van der Waals surface area contributed by atoms with E-state index in [1.807, 2.05) is 32.0 Å². The molecule has 0 bridgehead atoms. The molecule has 0 saturated heterocycles. The molecule has 0 amide bonds. The van der Waals surface area contributed by atoms with Crippen LogP contribution in [-0.2, 0) is 0 Å². The number of rotatable bonds is 2. The molecule has 0 aliphatic carbocycles. The average molecular weight is 238 g/mol. The van der Waals surface area contributed by atoms with Crippen LogP contribution in [-0.4, -0.2) is 0 Å². The highest BCUT2D eigenvalue weighted by molar-refractivity contribution is 5.49. The van der Waals surface area contributed by atoms with E-state index in [0.29, 0.717) is 5.56 Å². The monoisotopic (exact) mass is 238 g/mol. The minimum Gasteiger partial charge on any atom is -0.457 e. The van der Waals surface area contributed by atoms with Crippen LogP contribution >= 0.6 is 0 Å². The van der Waals surface area contributed by atoms with Crippen LogP contribution < -0.4 is 10.5 Å². The number of benzene rings is 2. The van der Waals surface area contributed by atoms with E-state index in [1.54, 1.807) is 18.2 Å². The third-order valence-corrected chi connectivity index (χ3v) is 2.75. The molecule has 0 aliphatic rings. The summed E-state index contributed by atoms with van der Waals surface area (Å²) in [6.45, 7) is 3.84. The molecule has 0 radical (unpaired) electrons. The fourth-order valence-electron chi connectivity index (χ4n) is 1.74. The average Bonchev–Trinajstić information content (AvgIpc) is 2.33. The van der Waals surface area contributed by atoms with Crippen molar-refractivity contribution in [3.05, 3.63) is 53.1 Å². The van der Waals surface area contributed by atoms with E-state index in [-0.39, 0.29) is 0 Å². The SMILES string of the molecule is Cc1cc(Oc2ccc(N)cc2C)ccc1C#N. The number of hydrogen-bond donors (Lipinski definition) is 1. The summed E-state index contributed by atoms with van der Waals surface area (Å²) in [6.07, 6.45) is 0. The lowest BCUT2D eigenvalue weighted by Crippen LogP contribution is -1.91. The van der Waals surface area contributed by atoms with Crippen molar-refractivity contribution in [2.45, 2.75) is 13.8 Å². The molecule has 0 heterocycles. The Hall–Kier alpha value is -2.47. The first-order chi connectivity index (χ1) is 8.60. The lowest BCUT2D eigenvalue weighted by Gasteiger charge is -2.10. The third kappa shape index (κ3) is 2.44. The first-order valence-corrected chi connectivity index (χ1v) is 5.65. The van der Waals surface area contributed by atoms with Gasteiger partial charge in [-0.25, -0.2) is 0 Å². The summed E-state index contributed by atoms with van der Waals surface area (Å²) in [5.74, 6) is 1.49. The van der Waals surface area contributed by atoms with Gasteiger partial charge in [0.25, 0.3) is 0 Å². The van der Waals surface area contributed by atoms with Gasteiger partial charge >= 0.3 is 0 Å². The van der Waals surface area contributed by atoms with E-state index in [9.17, 15) is 0 Å². The highest BCUT2D eigenvalue weighted by Crippen LogP contribution is 2.27. The molecule has 18 heavy (non-hydrogen) atoms. The number of nitrogens with two attached hydrogens (primary N) is 1. The minimum atomic E-state index is 0.663. The summed E-state index contributed by atoms with van der Waals surface area (Å²) in [4.78, 5) is 0. The highest BCUT2D eigenvalue weighted by Gasteiger charge is 2.04. The first kappa shape index (κ1) is 12.0. The number of nitriles is 1. The largest absolute Gasteiger partial charge is 0.457 e. The van der Waals surface area contributed by atoms with Gasteiger partial charge in [0.2, 0.25) is 0 Å². The normalized spacial score (nSPS) is 9.83. The second-order valence-corrected chi connectivity index (χ2v) is 4.22. The van der Waals surface area contributed by atoms with Crippen molar-refractivity contribution in [1.29, 1.82) is 5.26 Å². The van der Waals surface area contributed by atoms with Gasteiger partial charge in [-0.15, -0.1) is 0 Å². The fourth-order valence-corrected chi connectivity index (χ4v) is 1.74. The molecule has 2 aromatic carbocycles. The minimum absolute atomic E-state index is 0.663. The van der Waals surface area contributed by atoms with E-state index < -0.39 is 0 Å². The Bertz CT molecular complexity index is 627. The Morgan fingerprint density at radius 3 is 2.44 bits per heavy atom. The van der Waals surface area contributed by atoms with E-state index in [1.165, 1.54) is 0 Å². The summed E-state index contributed by atoms with van der Waals surface area (Å²) < 4.78 is 5.78. The lowest BCUT2D eigenvalue weighted by atomic mass is 10.1. The summed E-state index contributed by atoms with van der Waals surface area (Å²) in [6, 6.07) is 13.1. The van der Waals surface area contributed by atoms with Crippen LogP contribution in [0.4, 0.5) is 5.69 Å². The highest BCUT2D eigenvalue weighted by atomic mass is 16.5. The predicted molar refractivity (Wildman–Crippen MR) is 71.6 cm³/mol. The second kappa shape index (κ2) is 4.80. The first-order valence-electron chi connectivity index (χ1n) is 5.65. The van der Waals surface area contributed by atoms with E-state index in [0.717, 1.165) is 28.3 Å². The molecule has 0 fully saturated rings. The van der Waals surface area contributed by atoms with Gasteiger partial charge in [0.15, 0.2) is 0 Å². The van der Waals surface area contributed by atoms with Crippen LogP contribution in [0.3, 0.4) is 0 Å². The molecule has 3 nitrogen and oxygen atoms in total. The Labute approximate surface area is 106 Å². The molecule has 0 aliphatic heterocycles. The molecule has 0 atom stereocenters. The number of nitrogens with zero attached hydrogens (tertiary/aromatic N) is 1. The molecule has 0 aromatic heterocycles. The summed E-state index contributed by atoms with van der Waals surface area (Å²) in [5.41, 5.74) is 8.96. The molecule has 3 heteroatoms. The maximum absolute atomic E-state index is 8.87. The van der Waals surface area contributed by atoms with Crippen molar-refractivity contribution in [2.75, 3.05) is 5.73 Å². The van der Waals surface area contributed by atoms with Crippen molar-refractivity contribution in [3.8, 4) is 17.6 Å². The molecule has 90 valence electrons. The van der Waals surface area contributed by atoms with Crippen molar-refractivity contribution in [3.63, 3.8) is 0 Å². The van der Waals surface area contributed by atoms with Gasteiger partial charge in [0.05, 0.1) is 11.6 Å². The smallest absolute Gasteiger partial charge is 0.130 e. The van der Waals surface area contributed by atoms with Gasteiger partial charge in [-0.05, 0) is 61.4 Å². The number of ether oxygens (including phenoxy) is 1. The Morgan fingerprint density at radius 1 is 1.06 bits per heavy atom. The van der Waals surface area contributed by atoms with Crippen molar-refractivity contribution in [1.82, 2.24) is 0 Å². The maximum atomic E-state index is 8.87. The van der Waals surface area contributed by atoms with Crippen LogP contribution in [0.1, 0.15) is 16.7 Å². The fraction of sp³-hybridized carbons (Fsp3) is 0.133. The van der Waals surface area contributed by atoms with Gasteiger partial charge in [0, 0.05) is 5.69 Å². The maximum Gasteiger partial charge on any atom is 0.130 e. The van der Waals surface area contributed by atoms with Gasteiger partial charge in [-0.1, -0.05) is 0 Å². The van der Waals surface area contributed by atoms with E-state index >= 15 is 0 Å². The van der Waals surface area contributed by atoms with Gasteiger partial charge < -0.3 is 10.5 Å². The quantitative estimate of drug-likeness (QED) is 0.814. The molecule has 2 N–H and O–H groups in total. The van der Waals surface area contributed by atoms with E-state index in [4.69, 9.17) is 15.7 Å². The summed E-state index contributed by atoms with van der Waals surface area (Å²) in [7, 11) is 0. The summed E-state index contributed by atoms with van der Waals surface area (Å²) in [5, 5.41) is 8.87. The third-order valence-electron chi connectivity index (χ3n) is 2.75. The number of aryl methyl sites for hydroxylation is 2. The zero-order valence-corrected chi connectivity index (χ0v) is 10.4. The molecular formula is C15H14N2O. The standard InChI is InChI=1S/C15H14N2O/c1-10-8-14(5-3-12(10)9-16)18-15-6-4-13(17)7-11(15)2/h3-8H,17H2,1-2H3. The van der Waals surface area contributed by atoms with Crippen molar-refractivity contribution >= 4 is 5.69 Å².